The number of rotatable bonds is 5. The molecule has 0 aromatic carbocycles. The Morgan fingerprint density at radius 2 is 2.40 bits per heavy atom. The van der Waals surface area contributed by atoms with Crippen LogP contribution in [0.2, 0.25) is 5.15 Å². The van der Waals surface area contributed by atoms with Crippen LogP contribution in [0.5, 0.6) is 0 Å². The number of amides is 1. The summed E-state index contributed by atoms with van der Waals surface area (Å²) in [4.78, 5) is 17.4. The van der Waals surface area contributed by atoms with Gasteiger partial charge >= 0.3 is 0 Å². The summed E-state index contributed by atoms with van der Waals surface area (Å²) >= 11 is 6.58. The van der Waals surface area contributed by atoms with Gasteiger partial charge in [-0.2, -0.15) is 5.10 Å². The minimum atomic E-state index is -0.229. The van der Waals surface area contributed by atoms with E-state index in [4.69, 9.17) is 16.2 Å². The van der Waals surface area contributed by atoms with Gasteiger partial charge in [0.1, 0.15) is 5.69 Å². The molecule has 0 saturated heterocycles. The summed E-state index contributed by atoms with van der Waals surface area (Å²) in [5.41, 5.74) is 1.26. The third kappa shape index (κ3) is 3.12. The van der Waals surface area contributed by atoms with E-state index in [-0.39, 0.29) is 16.8 Å². The fourth-order valence-corrected chi connectivity index (χ4v) is 2.26. The lowest BCUT2D eigenvalue weighted by Crippen LogP contribution is -2.32. The van der Waals surface area contributed by atoms with Crippen molar-refractivity contribution in [3.63, 3.8) is 0 Å². The van der Waals surface area contributed by atoms with Gasteiger partial charge in [-0.25, -0.2) is 4.68 Å². The molecule has 0 spiro atoms. The van der Waals surface area contributed by atoms with E-state index in [1.54, 1.807) is 29.3 Å². The first-order valence-electron chi connectivity index (χ1n) is 5.89. The Hall–Kier alpha value is -1.57. The highest BCUT2D eigenvalue weighted by atomic mass is 35.5. The van der Waals surface area contributed by atoms with Gasteiger partial charge in [-0.05, 0) is 31.1 Å². The van der Waals surface area contributed by atoms with E-state index in [1.165, 1.54) is 4.90 Å². The Morgan fingerprint density at radius 1 is 1.60 bits per heavy atom. The van der Waals surface area contributed by atoms with Crippen LogP contribution in [0, 0.1) is 0 Å². The maximum atomic E-state index is 11.9. The molecular formula is C12H13ClN4O2S. The molecule has 2 rings (SSSR count). The molecule has 0 radical (unpaired) electrons. The van der Waals surface area contributed by atoms with Crippen molar-refractivity contribution in [3.8, 4) is 5.69 Å². The Balaban J connectivity index is 2.33. The van der Waals surface area contributed by atoms with Crippen molar-refractivity contribution in [3.05, 3.63) is 35.9 Å². The lowest BCUT2D eigenvalue weighted by atomic mass is 10.4. The molecule has 20 heavy (non-hydrogen) atoms. The van der Waals surface area contributed by atoms with Crippen molar-refractivity contribution in [1.82, 2.24) is 14.8 Å². The van der Waals surface area contributed by atoms with Crippen molar-refractivity contribution in [1.29, 1.82) is 0 Å². The maximum Gasteiger partial charge on any atom is 0.239 e. The third-order valence-electron chi connectivity index (χ3n) is 2.66. The maximum absolute atomic E-state index is 11.9. The molecule has 0 atom stereocenters. The number of carbonyl (C=O) groups is 1. The van der Waals surface area contributed by atoms with Crippen LogP contribution in [-0.2, 0) is 4.79 Å². The molecule has 2 aromatic rings. The van der Waals surface area contributed by atoms with E-state index < -0.39 is 0 Å². The molecule has 0 saturated carbocycles. The summed E-state index contributed by atoms with van der Waals surface area (Å²) in [6.45, 7) is 2.27. The number of pyridine rings is 1. The van der Waals surface area contributed by atoms with Gasteiger partial charge in [-0.1, -0.05) is 11.6 Å². The first-order valence-corrected chi connectivity index (χ1v) is 7.21. The van der Waals surface area contributed by atoms with Crippen LogP contribution >= 0.6 is 23.6 Å². The van der Waals surface area contributed by atoms with Crippen molar-refractivity contribution >= 4 is 35.2 Å². The number of carbonyl (C=O) groups excluding carboxylic acids is 1. The molecule has 0 aliphatic heterocycles. The monoisotopic (exact) mass is 312 g/mol. The first kappa shape index (κ1) is 14.8. The average Bonchev–Trinajstić information content (AvgIpc) is 2.83. The number of aromatic nitrogens is 3. The second-order valence-electron chi connectivity index (χ2n) is 3.87. The van der Waals surface area contributed by atoms with Crippen LogP contribution in [0.1, 0.15) is 6.92 Å². The van der Waals surface area contributed by atoms with Crippen molar-refractivity contribution in [2.75, 3.05) is 17.2 Å². The lowest BCUT2D eigenvalue weighted by molar-refractivity contribution is -0.116. The van der Waals surface area contributed by atoms with E-state index in [9.17, 15) is 4.79 Å². The van der Waals surface area contributed by atoms with E-state index >= 15 is 0 Å². The molecule has 1 amide bonds. The highest BCUT2D eigenvalue weighted by molar-refractivity contribution is 7.94. The largest absolute Gasteiger partial charge is 0.330 e. The van der Waals surface area contributed by atoms with E-state index in [2.05, 4.69) is 10.1 Å². The van der Waals surface area contributed by atoms with Crippen molar-refractivity contribution < 1.29 is 9.35 Å². The molecule has 0 unspecified atom stereocenters. The Labute approximate surface area is 125 Å². The SMILES string of the molecule is CCN(C(=O)CSO)c1cn(-c2cccnc2)nc1Cl. The van der Waals surface area contributed by atoms with Gasteiger partial charge < -0.3 is 9.45 Å². The fourth-order valence-electron chi connectivity index (χ4n) is 1.76. The van der Waals surface area contributed by atoms with Crippen LogP contribution in [0.15, 0.2) is 30.7 Å². The molecular weight excluding hydrogens is 300 g/mol. The minimum absolute atomic E-state index is 0.0256. The molecule has 2 heterocycles. The molecule has 0 bridgehead atoms. The summed E-state index contributed by atoms with van der Waals surface area (Å²) in [6, 6.07) is 3.62. The van der Waals surface area contributed by atoms with Gasteiger partial charge in [-0.15, -0.1) is 0 Å². The molecule has 0 fully saturated rings. The predicted octanol–water partition coefficient (Wildman–Crippen LogP) is 2.48. The topological polar surface area (TPSA) is 71.2 Å². The van der Waals surface area contributed by atoms with Gasteiger partial charge in [0.2, 0.25) is 5.91 Å². The minimum Gasteiger partial charge on any atom is -0.330 e. The molecule has 6 nitrogen and oxygen atoms in total. The second-order valence-corrected chi connectivity index (χ2v) is 4.78. The number of hydrogen-bond acceptors (Lipinski definition) is 5. The lowest BCUT2D eigenvalue weighted by Gasteiger charge is -2.18. The van der Waals surface area contributed by atoms with E-state index in [1.807, 2.05) is 13.0 Å². The standard InChI is InChI=1S/C12H13ClN4O2S/c1-2-16(11(18)8-20-19)10-7-17(15-12(10)13)9-4-3-5-14-6-9/h3-7,19H,2,8H2,1H3. The molecule has 106 valence electrons. The third-order valence-corrected chi connectivity index (χ3v) is 3.30. The predicted molar refractivity (Wildman–Crippen MR) is 79.5 cm³/mol. The van der Waals surface area contributed by atoms with Gasteiger partial charge in [0.25, 0.3) is 0 Å². The summed E-state index contributed by atoms with van der Waals surface area (Å²) in [5.74, 6) is -0.255. The molecule has 2 aromatic heterocycles. The second kappa shape index (κ2) is 6.74. The molecule has 0 aliphatic carbocycles. The summed E-state index contributed by atoms with van der Waals surface area (Å²) in [6.07, 6.45) is 4.98. The smallest absolute Gasteiger partial charge is 0.239 e. The van der Waals surface area contributed by atoms with Crippen LogP contribution < -0.4 is 4.90 Å². The van der Waals surface area contributed by atoms with E-state index in [0.717, 1.165) is 5.69 Å². The number of anilines is 1. The quantitative estimate of drug-likeness (QED) is 0.859. The van der Waals surface area contributed by atoms with Crippen LogP contribution in [0.3, 0.4) is 0 Å². The molecule has 8 heteroatoms. The zero-order valence-electron chi connectivity index (χ0n) is 10.7. The summed E-state index contributed by atoms with van der Waals surface area (Å²) < 4.78 is 10.3. The number of hydrogen-bond donors (Lipinski definition) is 1. The van der Waals surface area contributed by atoms with Crippen LogP contribution in [-0.4, -0.2) is 37.5 Å². The van der Waals surface area contributed by atoms with Gasteiger partial charge in [0.05, 0.1) is 23.8 Å². The van der Waals surface area contributed by atoms with Crippen molar-refractivity contribution in [2.45, 2.75) is 6.92 Å². The van der Waals surface area contributed by atoms with E-state index in [0.29, 0.717) is 24.3 Å². The summed E-state index contributed by atoms with van der Waals surface area (Å²) in [7, 11) is 0. The van der Waals surface area contributed by atoms with Crippen LogP contribution in [0.4, 0.5) is 5.69 Å². The zero-order valence-corrected chi connectivity index (χ0v) is 12.3. The van der Waals surface area contributed by atoms with Crippen molar-refractivity contribution in [2.24, 2.45) is 0 Å². The highest BCUT2D eigenvalue weighted by Gasteiger charge is 2.20. The Bertz CT molecular complexity index is 590. The van der Waals surface area contributed by atoms with Gasteiger partial charge in [-0.3, -0.25) is 9.78 Å². The van der Waals surface area contributed by atoms with Gasteiger partial charge in [0.15, 0.2) is 5.15 Å². The highest BCUT2D eigenvalue weighted by Crippen LogP contribution is 2.26. The number of halogens is 1. The zero-order chi connectivity index (χ0) is 14.5. The average molecular weight is 313 g/mol. The Kier molecular flexibility index (Phi) is 4.99. The Morgan fingerprint density at radius 3 is 3.00 bits per heavy atom. The first-order chi connectivity index (χ1) is 9.67. The molecule has 1 N–H and O–H groups in total. The number of nitrogens with zero attached hydrogens (tertiary/aromatic N) is 4. The van der Waals surface area contributed by atoms with Gasteiger partial charge in [0, 0.05) is 12.7 Å². The summed E-state index contributed by atoms with van der Waals surface area (Å²) in [5, 5.41) is 4.40. The molecule has 0 aliphatic rings. The fraction of sp³-hybridized carbons (Fsp3) is 0.250. The van der Waals surface area contributed by atoms with Crippen LogP contribution in [0.25, 0.3) is 5.69 Å². The normalized spacial score (nSPS) is 10.6.